The highest BCUT2D eigenvalue weighted by Crippen LogP contribution is 2.26. The van der Waals surface area contributed by atoms with E-state index in [1.54, 1.807) is 0 Å². The standard InChI is InChI=1S/C16H26N4O/c1-3-20-15(11-12(2)18-20)16(21)19-10-5-4-8-14(19)13-7-6-9-17-13/h11,13-14,17H,3-10H2,1-2H3. The van der Waals surface area contributed by atoms with Crippen molar-refractivity contribution in [3.8, 4) is 0 Å². The van der Waals surface area contributed by atoms with Crippen molar-refractivity contribution in [3.63, 3.8) is 0 Å². The van der Waals surface area contributed by atoms with Gasteiger partial charge in [-0.1, -0.05) is 0 Å². The third-order valence-corrected chi connectivity index (χ3v) is 4.79. The first-order valence-corrected chi connectivity index (χ1v) is 8.29. The van der Waals surface area contributed by atoms with Crippen LogP contribution in [0, 0.1) is 6.92 Å². The van der Waals surface area contributed by atoms with Gasteiger partial charge in [-0.3, -0.25) is 9.48 Å². The van der Waals surface area contributed by atoms with Crippen molar-refractivity contribution < 1.29 is 4.79 Å². The maximum absolute atomic E-state index is 13.0. The predicted molar refractivity (Wildman–Crippen MR) is 82.3 cm³/mol. The van der Waals surface area contributed by atoms with Crippen LogP contribution in [0.5, 0.6) is 0 Å². The summed E-state index contributed by atoms with van der Waals surface area (Å²) in [5.41, 5.74) is 1.67. The molecule has 2 aliphatic heterocycles. The molecule has 3 rings (SSSR count). The number of likely N-dealkylation sites (tertiary alicyclic amines) is 1. The maximum Gasteiger partial charge on any atom is 0.272 e. The van der Waals surface area contributed by atoms with Crippen LogP contribution >= 0.6 is 0 Å². The van der Waals surface area contributed by atoms with E-state index in [0.29, 0.717) is 12.1 Å². The van der Waals surface area contributed by atoms with E-state index in [-0.39, 0.29) is 5.91 Å². The molecule has 2 atom stereocenters. The molecule has 1 aromatic rings. The van der Waals surface area contributed by atoms with Gasteiger partial charge in [0.1, 0.15) is 5.69 Å². The van der Waals surface area contributed by atoms with Crippen LogP contribution in [0.1, 0.15) is 55.2 Å². The molecule has 1 N–H and O–H groups in total. The van der Waals surface area contributed by atoms with Gasteiger partial charge < -0.3 is 10.2 Å². The van der Waals surface area contributed by atoms with Crippen molar-refractivity contribution in [3.05, 3.63) is 17.5 Å². The number of rotatable bonds is 3. The zero-order valence-electron chi connectivity index (χ0n) is 13.1. The summed E-state index contributed by atoms with van der Waals surface area (Å²) in [5, 5.41) is 8.00. The summed E-state index contributed by atoms with van der Waals surface area (Å²) in [7, 11) is 0. The molecule has 1 amide bonds. The number of carbonyl (C=O) groups is 1. The second kappa shape index (κ2) is 6.18. The molecule has 2 unspecified atom stereocenters. The van der Waals surface area contributed by atoms with Gasteiger partial charge in [0.05, 0.1) is 5.69 Å². The quantitative estimate of drug-likeness (QED) is 0.926. The van der Waals surface area contributed by atoms with Gasteiger partial charge in [-0.25, -0.2) is 0 Å². The van der Waals surface area contributed by atoms with Gasteiger partial charge >= 0.3 is 0 Å². The zero-order chi connectivity index (χ0) is 14.8. The Hall–Kier alpha value is -1.36. The second-order valence-electron chi connectivity index (χ2n) is 6.25. The lowest BCUT2D eigenvalue weighted by Gasteiger charge is -2.39. The monoisotopic (exact) mass is 290 g/mol. The summed E-state index contributed by atoms with van der Waals surface area (Å²) in [5.74, 6) is 0.163. The van der Waals surface area contributed by atoms with Crippen molar-refractivity contribution >= 4 is 5.91 Å². The van der Waals surface area contributed by atoms with Crippen LogP contribution in [0.25, 0.3) is 0 Å². The number of nitrogens with one attached hydrogen (secondary N) is 1. The summed E-state index contributed by atoms with van der Waals surface area (Å²) >= 11 is 0. The molecule has 0 radical (unpaired) electrons. The van der Waals surface area contributed by atoms with Gasteiger partial charge in [0, 0.05) is 25.2 Å². The number of carbonyl (C=O) groups excluding carboxylic acids is 1. The van der Waals surface area contributed by atoms with Gasteiger partial charge in [-0.15, -0.1) is 0 Å². The summed E-state index contributed by atoms with van der Waals surface area (Å²) in [6.07, 6.45) is 5.91. The molecule has 21 heavy (non-hydrogen) atoms. The average molecular weight is 290 g/mol. The molecular weight excluding hydrogens is 264 g/mol. The number of amides is 1. The topological polar surface area (TPSA) is 50.2 Å². The molecule has 0 saturated carbocycles. The number of hydrogen-bond acceptors (Lipinski definition) is 3. The maximum atomic E-state index is 13.0. The number of nitrogens with zero attached hydrogens (tertiary/aromatic N) is 3. The minimum absolute atomic E-state index is 0.163. The van der Waals surface area contributed by atoms with Crippen LogP contribution in [0.3, 0.4) is 0 Å². The first-order valence-electron chi connectivity index (χ1n) is 8.29. The van der Waals surface area contributed by atoms with Crippen molar-refractivity contribution in [1.29, 1.82) is 0 Å². The number of aromatic nitrogens is 2. The molecule has 0 aromatic carbocycles. The molecular formula is C16H26N4O. The molecule has 3 heterocycles. The van der Waals surface area contributed by atoms with Gasteiger partial charge in [0.15, 0.2) is 0 Å². The average Bonchev–Trinajstić information content (AvgIpc) is 3.15. The third-order valence-electron chi connectivity index (χ3n) is 4.79. The molecule has 5 heteroatoms. The molecule has 2 aliphatic rings. The van der Waals surface area contributed by atoms with Crippen molar-refractivity contribution in [2.45, 2.75) is 64.6 Å². The smallest absolute Gasteiger partial charge is 0.272 e. The molecule has 0 bridgehead atoms. The Morgan fingerprint density at radius 3 is 2.95 bits per heavy atom. The molecule has 2 saturated heterocycles. The fourth-order valence-electron chi connectivity index (χ4n) is 3.77. The van der Waals surface area contributed by atoms with Crippen LogP contribution in [-0.2, 0) is 6.54 Å². The molecule has 0 spiro atoms. The van der Waals surface area contributed by atoms with Crippen LogP contribution in [-0.4, -0.2) is 45.8 Å². The predicted octanol–water partition coefficient (Wildman–Crippen LogP) is 1.96. The Labute approximate surface area is 126 Å². The highest BCUT2D eigenvalue weighted by atomic mass is 16.2. The van der Waals surface area contributed by atoms with Crippen LogP contribution in [0.15, 0.2) is 6.07 Å². The third kappa shape index (κ3) is 2.84. The van der Waals surface area contributed by atoms with Crippen molar-refractivity contribution in [2.24, 2.45) is 0 Å². The number of aryl methyl sites for hydroxylation is 2. The molecule has 5 nitrogen and oxygen atoms in total. The van der Waals surface area contributed by atoms with Gasteiger partial charge in [-0.2, -0.15) is 5.10 Å². The Bertz CT molecular complexity index is 504. The van der Waals surface area contributed by atoms with Crippen LogP contribution in [0.2, 0.25) is 0 Å². The normalized spacial score (nSPS) is 26.3. The van der Waals surface area contributed by atoms with E-state index in [9.17, 15) is 4.79 Å². The first-order chi connectivity index (χ1) is 10.2. The van der Waals surface area contributed by atoms with Crippen LogP contribution in [0.4, 0.5) is 0 Å². The minimum atomic E-state index is 0.163. The number of hydrogen-bond donors (Lipinski definition) is 1. The molecule has 0 aliphatic carbocycles. The van der Waals surface area contributed by atoms with E-state index < -0.39 is 0 Å². The Morgan fingerprint density at radius 1 is 1.38 bits per heavy atom. The Morgan fingerprint density at radius 2 is 2.24 bits per heavy atom. The van der Waals surface area contributed by atoms with E-state index in [0.717, 1.165) is 43.9 Å². The van der Waals surface area contributed by atoms with Crippen molar-refractivity contribution in [1.82, 2.24) is 20.0 Å². The lowest BCUT2D eigenvalue weighted by Crippen LogP contribution is -2.52. The molecule has 116 valence electrons. The summed E-state index contributed by atoms with van der Waals surface area (Å²) in [6.45, 7) is 6.71. The number of piperidine rings is 1. The van der Waals surface area contributed by atoms with Gasteiger partial charge in [-0.05, 0) is 58.6 Å². The highest BCUT2D eigenvalue weighted by molar-refractivity contribution is 5.93. The Balaban J connectivity index is 1.83. The van der Waals surface area contributed by atoms with E-state index >= 15 is 0 Å². The van der Waals surface area contributed by atoms with Crippen LogP contribution < -0.4 is 5.32 Å². The van der Waals surface area contributed by atoms with Gasteiger partial charge in [0.2, 0.25) is 0 Å². The van der Waals surface area contributed by atoms with Gasteiger partial charge in [0.25, 0.3) is 5.91 Å². The Kier molecular flexibility index (Phi) is 4.29. The SMILES string of the molecule is CCn1nc(C)cc1C(=O)N1CCCCC1C1CCCN1. The fourth-order valence-corrected chi connectivity index (χ4v) is 3.77. The zero-order valence-corrected chi connectivity index (χ0v) is 13.1. The van der Waals surface area contributed by atoms with E-state index in [4.69, 9.17) is 0 Å². The van der Waals surface area contributed by atoms with E-state index in [1.165, 1.54) is 19.3 Å². The highest BCUT2D eigenvalue weighted by Gasteiger charge is 2.35. The fraction of sp³-hybridized carbons (Fsp3) is 0.750. The summed E-state index contributed by atoms with van der Waals surface area (Å²) in [4.78, 5) is 15.1. The van der Waals surface area contributed by atoms with Crippen molar-refractivity contribution in [2.75, 3.05) is 13.1 Å². The second-order valence-corrected chi connectivity index (χ2v) is 6.25. The molecule has 1 aromatic heterocycles. The lowest BCUT2D eigenvalue weighted by molar-refractivity contribution is 0.0551. The minimum Gasteiger partial charge on any atom is -0.333 e. The summed E-state index contributed by atoms with van der Waals surface area (Å²) < 4.78 is 1.84. The molecule has 2 fully saturated rings. The largest absolute Gasteiger partial charge is 0.333 e. The first kappa shape index (κ1) is 14.6. The lowest BCUT2D eigenvalue weighted by atomic mass is 9.94. The van der Waals surface area contributed by atoms with E-state index in [1.807, 2.05) is 24.6 Å². The van der Waals surface area contributed by atoms with E-state index in [2.05, 4.69) is 15.3 Å². The summed E-state index contributed by atoms with van der Waals surface area (Å²) in [6, 6.07) is 2.77.